The summed E-state index contributed by atoms with van der Waals surface area (Å²) in [6, 6.07) is 0. The van der Waals surface area contributed by atoms with Crippen LogP contribution in [0.15, 0.2) is 0 Å². The van der Waals surface area contributed by atoms with Gasteiger partial charge in [-0.05, 0) is 0 Å². The normalized spacial score (nSPS) is 12.4. The molecule has 0 spiro atoms. The van der Waals surface area contributed by atoms with E-state index < -0.39 is 0 Å². The van der Waals surface area contributed by atoms with Crippen LogP contribution in [0.3, 0.4) is 0 Å². The molecule has 7 heavy (non-hydrogen) atoms. The zero-order valence-electron chi connectivity index (χ0n) is 3.69. The minimum Gasteiger partial charge on any atom is -0.412 e. The molecule has 1 atom stereocenters. The second-order valence-electron chi connectivity index (χ2n) is 0.934. The second-order valence-corrected chi connectivity index (χ2v) is 1.86. The van der Waals surface area contributed by atoms with Gasteiger partial charge < -0.3 is 10.6 Å². The zero-order chi connectivity index (χ0) is 4.99. The summed E-state index contributed by atoms with van der Waals surface area (Å²) in [6.45, 7) is -0.0367. The highest BCUT2D eigenvalue weighted by Crippen LogP contribution is 1.94. The number of aliphatic hydroxyl groups excluding tert-OH is 1. The van der Waals surface area contributed by atoms with E-state index in [4.69, 9.17) is 28.3 Å². The van der Waals surface area contributed by atoms with Crippen LogP contribution in [0.4, 0.5) is 0 Å². The first kappa shape index (κ1) is 10.5. The van der Waals surface area contributed by atoms with Crippen molar-refractivity contribution in [3.63, 3.8) is 0 Å². The maximum atomic E-state index is 8.12. The van der Waals surface area contributed by atoms with Gasteiger partial charge >= 0.3 is 0 Å². The summed E-state index contributed by atoms with van der Waals surface area (Å²) >= 11 is 10.4. The standard InChI is InChI=1S/C3H6Cl2O.H2O/c4-1-3(5)2-6;/h3,6H,1-2H2;1H2. The first-order valence-electron chi connectivity index (χ1n) is 1.62. The monoisotopic (exact) mass is 146 g/mol. The fourth-order valence-electron chi connectivity index (χ4n) is 0.0488. The zero-order valence-corrected chi connectivity index (χ0v) is 5.21. The highest BCUT2D eigenvalue weighted by Gasteiger charge is 1.95. The van der Waals surface area contributed by atoms with Crippen LogP contribution in [-0.4, -0.2) is 28.4 Å². The Hall–Kier alpha value is 0.500. The van der Waals surface area contributed by atoms with Gasteiger partial charge in [0, 0.05) is 5.88 Å². The molecule has 0 radical (unpaired) electrons. The first-order chi connectivity index (χ1) is 2.81. The minimum absolute atomic E-state index is 0. The Morgan fingerprint density at radius 3 is 2.00 bits per heavy atom. The van der Waals surface area contributed by atoms with Gasteiger partial charge in [-0.2, -0.15) is 0 Å². The number of hydrogen-bond donors (Lipinski definition) is 1. The molecule has 0 amide bonds. The lowest BCUT2D eigenvalue weighted by Crippen LogP contribution is -2.04. The van der Waals surface area contributed by atoms with Crippen LogP contribution in [0, 0.1) is 0 Å². The quantitative estimate of drug-likeness (QED) is 0.549. The van der Waals surface area contributed by atoms with Gasteiger partial charge in [-0.15, -0.1) is 23.2 Å². The number of aliphatic hydroxyl groups is 1. The summed E-state index contributed by atoms with van der Waals surface area (Å²) < 4.78 is 0. The molecule has 0 saturated heterocycles. The largest absolute Gasteiger partial charge is 0.412 e. The Balaban J connectivity index is 0. The molecule has 46 valence electrons. The molecule has 0 heterocycles. The van der Waals surface area contributed by atoms with Crippen molar-refractivity contribution in [1.29, 1.82) is 0 Å². The van der Waals surface area contributed by atoms with Gasteiger partial charge in [-0.25, -0.2) is 0 Å². The van der Waals surface area contributed by atoms with Crippen LogP contribution in [0.1, 0.15) is 0 Å². The summed E-state index contributed by atoms with van der Waals surface area (Å²) in [5.41, 5.74) is 0. The fourth-order valence-corrected chi connectivity index (χ4v) is 0.146. The fraction of sp³-hybridized carbons (Fsp3) is 1.00. The van der Waals surface area contributed by atoms with E-state index in [2.05, 4.69) is 0 Å². The van der Waals surface area contributed by atoms with E-state index >= 15 is 0 Å². The van der Waals surface area contributed by atoms with Crippen molar-refractivity contribution >= 4 is 23.2 Å². The Bertz CT molecular complexity index is 30.1. The molecular weight excluding hydrogens is 139 g/mol. The van der Waals surface area contributed by atoms with Crippen LogP contribution in [0.5, 0.6) is 0 Å². The molecule has 0 aliphatic heterocycles. The summed E-state index contributed by atoms with van der Waals surface area (Å²) in [6.07, 6.45) is 0. The smallest absolute Gasteiger partial charge is 0.0702 e. The van der Waals surface area contributed by atoms with Gasteiger partial charge in [0.25, 0.3) is 0 Å². The average molecular weight is 147 g/mol. The Labute approximate surface area is 52.4 Å². The molecule has 0 aliphatic carbocycles. The highest BCUT2D eigenvalue weighted by molar-refractivity contribution is 6.28. The van der Waals surface area contributed by atoms with E-state index in [1.165, 1.54) is 0 Å². The van der Waals surface area contributed by atoms with E-state index in [0.717, 1.165) is 0 Å². The molecule has 2 nitrogen and oxygen atoms in total. The van der Waals surface area contributed by atoms with Crippen molar-refractivity contribution in [3.8, 4) is 0 Å². The summed E-state index contributed by atoms with van der Waals surface area (Å²) in [5.74, 6) is 0.318. The van der Waals surface area contributed by atoms with Gasteiger partial charge in [-0.1, -0.05) is 0 Å². The Morgan fingerprint density at radius 1 is 1.57 bits per heavy atom. The van der Waals surface area contributed by atoms with Crippen molar-refractivity contribution in [3.05, 3.63) is 0 Å². The van der Waals surface area contributed by atoms with Crippen LogP contribution in [0.2, 0.25) is 0 Å². The lowest BCUT2D eigenvalue weighted by Gasteiger charge is -1.93. The maximum Gasteiger partial charge on any atom is 0.0702 e. The maximum absolute atomic E-state index is 8.12. The topological polar surface area (TPSA) is 51.7 Å². The van der Waals surface area contributed by atoms with Crippen molar-refractivity contribution in [2.24, 2.45) is 0 Å². The first-order valence-corrected chi connectivity index (χ1v) is 2.59. The van der Waals surface area contributed by atoms with Crippen molar-refractivity contribution in [1.82, 2.24) is 0 Å². The van der Waals surface area contributed by atoms with Crippen LogP contribution < -0.4 is 0 Å². The molecule has 0 fully saturated rings. The lowest BCUT2D eigenvalue weighted by molar-refractivity contribution is 0.299. The molecular formula is C3H8Cl2O2. The van der Waals surface area contributed by atoms with E-state index in [0.29, 0.717) is 5.88 Å². The van der Waals surface area contributed by atoms with Gasteiger partial charge in [0.1, 0.15) is 0 Å². The third kappa shape index (κ3) is 6.50. The van der Waals surface area contributed by atoms with Gasteiger partial charge in [-0.3, -0.25) is 0 Å². The predicted molar refractivity (Wildman–Crippen MR) is 31.1 cm³/mol. The third-order valence-corrected chi connectivity index (χ3v) is 1.19. The molecule has 0 aromatic carbocycles. The lowest BCUT2D eigenvalue weighted by atomic mass is 10.5. The molecule has 4 heteroatoms. The number of alkyl halides is 2. The Kier molecular flexibility index (Phi) is 9.73. The molecule has 3 N–H and O–H groups in total. The number of hydrogen-bond acceptors (Lipinski definition) is 1. The molecule has 0 saturated carbocycles. The summed E-state index contributed by atoms with van der Waals surface area (Å²) in [7, 11) is 0. The van der Waals surface area contributed by atoms with Crippen molar-refractivity contribution in [2.45, 2.75) is 5.38 Å². The van der Waals surface area contributed by atoms with E-state index in [-0.39, 0.29) is 17.5 Å². The van der Waals surface area contributed by atoms with Gasteiger partial charge in [0.2, 0.25) is 0 Å². The molecule has 0 bridgehead atoms. The highest BCUT2D eigenvalue weighted by atomic mass is 35.5. The molecule has 0 rings (SSSR count). The third-order valence-electron chi connectivity index (χ3n) is 0.366. The van der Waals surface area contributed by atoms with Crippen molar-refractivity contribution < 1.29 is 10.6 Å². The van der Waals surface area contributed by atoms with E-state index in [1.54, 1.807) is 0 Å². The van der Waals surface area contributed by atoms with E-state index in [9.17, 15) is 0 Å². The SMILES string of the molecule is O.OCC(Cl)CCl. The second kappa shape index (κ2) is 6.50. The van der Waals surface area contributed by atoms with Gasteiger partial charge in [0.15, 0.2) is 0 Å². The van der Waals surface area contributed by atoms with E-state index in [1.807, 2.05) is 0 Å². The molecule has 0 aromatic rings. The molecule has 0 aromatic heterocycles. The average Bonchev–Trinajstić information content (AvgIpc) is 1.65. The van der Waals surface area contributed by atoms with Crippen LogP contribution >= 0.6 is 23.2 Å². The summed E-state index contributed by atoms with van der Waals surface area (Å²) in [5, 5.41) is 7.85. The predicted octanol–water partition coefficient (Wildman–Crippen LogP) is 0.000200. The summed E-state index contributed by atoms with van der Waals surface area (Å²) in [4.78, 5) is 0. The molecule has 0 aliphatic rings. The van der Waals surface area contributed by atoms with Gasteiger partial charge in [0.05, 0.1) is 12.0 Å². The van der Waals surface area contributed by atoms with Crippen LogP contribution in [0.25, 0.3) is 0 Å². The number of rotatable bonds is 2. The number of halogens is 2. The van der Waals surface area contributed by atoms with Crippen molar-refractivity contribution in [2.75, 3.05) is 12.5 Å². The minimum atomic E-state index is -0.272. The molecule has 1 unspecified atom stereocenters. The Morgan fingerprint density at radius 2 is 2.00 bits per heavy atom. The van der Waals surface area contributed by atoms with Crippen LogP contribution in [-0.2, 0) is 0 Å².